The van der Waals surface area contributed by atoms with E-state index >= 15 is 0 Å². The molecular weight excluding hydrogens is 314 g/mol. The number of anilines is 1. The average molecular weight is 337 g/mol. The molecule has 5 heteroatoms. The lowest BCUT2D eigenvalue weighted by Gasteiger charge is -2.38. The lowest BCUT2D eigenvalue weighted by molar-refractivity contribution is 0.0526. The number of hydrogen-bond acceptors (Lipinski definition) is 5. The van der Waals surface area contributed by atoms with Gasteiger partial charge in [-0.25, -0.2) is 4.79 Å². The summed E-state index contributed by atoms with van der Waals surface area (Å²) in [5, 5.41) is 0. The number of rotatable bonds is 5. The van der Waals surface area contributed by atoms with Crippen LogP contribution in [-0.4, -0.2) is 48.6 Å². The summed E-state index contributed by atoms with van der Waals surface area (Å²) in [7, 11) is 0. The van der Waals surface area contributed by atoms with Crippen LogP contribution in [0.1, 0.15) is 22.8 Å². The second-order valence-electron chi connectivity index (χ2n) is 5.93. The molecule has 1 aliphatic rings. The van der Waals surface area contributed by atoms with E-state index in [4.69, 9.17) is 4.74 Å². The maximum atomic E-state index is 11.7. The van der Waals surface area contributed by atoms with Crippen LogP contribution < -0.4 is 4.90 Å². The van der Waals surface area contributed by atoms with Crippen molar-refractivity contribution in [2.75, 3.05) is 37.7 Å². The number of piperazine rings is 1. The Morgan fingerprint density at radius 3 is 2.40 bits per heavy atom. The van der Waals surface area contributed by atoms with Crippen LogP contribution in [0.5, 0.6) is 0 Å². The molecule has 0 atom stereocenters. The minimum atomic E-state index is -0.287. The van der Waals surface area contributed by atoms with E-state index in [-0.39, 0.29) is 5.97 Å². The van der Waals surface area contributed by atoms with Crippen LogP contribution in [0, 0.1) is 0 Å². The Hall–Kier alpha value is -2.82. The van der Waals surface area contributed by atoms with Gasteiger partial charge in [-0.2, -0.15) is 0 Å². The Morgan fingerprint density at radius 1 is 1.12 bits per heavy atom. The molecule has 0 N–H and O–H groups in total. The van der Waals surface area contributed by atoms with Gasteiger partial charge in [0.1, 0.15) is 0 Å². The topological polar surface area (TPSA) is 45.7 Å². The lowest BCUT2D eigenvalue weighted by atomic mass is 10.1. The van der Waals surface area contributed by atoms with Gasteiger partial charge in [-0.3, -0.25) is 4.98 Å². The second kappa shape index (κ2) is 7.83. The molecule has 1 aliphatic heterocycles. The van der Waals surface area contributed by atoms with Gasteiger partial charge in [0.25, 0.3) is 0 Å². The summed E-state index contributed by atoms with van der Waals surface area (Å²) in [6, 6.07) is 11.5. The zero-order valence-electron chi connectivity index (χ0n) is 14.5. The van der Waals surface area contributed by atoms with Gasteiger partial charge in [0.05, 0.1) is 24.1 Å². The van der Waals surface area contributed by atoms with Crippen LogP contribution in [0.2, 0.25) is 0 Å². The standard InChI is InChI=1S/C20H23N3O2/c1-3-25-20(24)18-8-6-17(7-9-18)16(2)22-11-13-23(14-12-22)19-5-4-10-21-15-19/h4-10,15H,2-3,11-14H2,1H3. The van der Waals surface area contributed by atoms with Crippen LogP contribution in [0.25, 0.3) is 5.70 Å². The highest BCUT2D eigenvalue weighted by molar-refractivity contribution is 5.89. The van der Waals surface area contributed by atoms with Gasteiger partial charge in [-0.1, -0.05) is 18.7 Å². The normalized spacial score (nSPS) is 14.3. The van der Waals surface area contributed by atoms with Crippen molar-refractivity contribution in [3.8, 4) is 0 Å². The molecule has 5 nitrogen and oxygen atoms in total. The fraction of sp³-hybridized carbons (Fsp3) is 0.300. The summed E-state index contributed by atoms with van der Waals surface area (Å²) < 4.78 is 5.02. The molecule has 0 bridgehead atoms. The van der Waals surface area contributed by atoms with Gasteiger partial charge < -0.3 is 14.5 Å². The molecular formula is C20H23N3O2. The first-order valence-electron chi connectivity index (χ1n) is 8.55. The fourth-order valence-electron chi connectivity index (χ4n) is 2.97. The molecule has 0 saturated carbocycles. The highest BCUT2D eigenvalue weighted by Gasteiger charge is 2.19. The summed E-state index contributed by atoms with van der Waals surface area (Å²) in [6.07, 6.45) is 3.69. The zero-order chi connectivity index (χ0) is 17.6. The number of benzene rings is 1. The summed E-state index contributed by atoms with van der Waals surface area (Å²) in [4.78, 5) is 20.5. The van der Waals surface area contributed by atoms with Gasteiger partial charge >= 0.3 is 5.97 Å². The number of esters is 1. The molecule has 1 fully saturated rings. The SMILES string of the molecule is C=C(c1ccc(C(=O)OCC)cc1)N1CCN(c2cccnc2)CC1. The molecule has 0 spiro atoms. The molecule has 25 heavy (non-hydrogen) atoms. The van der Waals surface area contributed by atoms with Crippen molar-refractivity contribution in [2.45, 2.75) is 6.92 Å². The second-order valence-corrected chi connectivity index (χ2v) is 5.93. The molecule has 0 amide bonds. The van der Waals surface area contributed by atoms with E-state index in [2.05, 4.69) is 27.4 Å². The highest BCUT2D eigenvalue weighted by Crippen LogP contribution is 2.22. The summed E-state index contributed by atoms with van der Waals surface area (Å²) in [6.45, 7) is 10.1. The van der Waals surface area contributed by atoms with Crippen molar-refractivity contribution in [1.29, 1.82) is 0 Å². The van der Waals surface area contributed by atoms with Gasteiger partial charge in [-0.05, 0) is 36.8 Å². The van der Waals surface area contributed by atoms with Crippen molar-refractivity contribution in [3.63, 3.8) is 0 Å². The Morgan fingerprint density at radius 2 is 1.80 bits per heavy atom. The summed E-state index contributed by atoms with van der Waals surface area (Å²) >= 11 is 0. The van der Waals surface area contributed by atoms with E-state index in [9.17, 15) is 4.79 Å². The van der Waals surface area contributed by atoms with Crippen LogP contribution in [0.4, 0.5) is 5.69 Å². The molecule has 0 unspecified atom stereocenters. The maximum absolute atomic E-state index is 11.7. The first-order chi connectivity index (χ1) is 12.2. The highest BCUT2D eigenvalue weighted by atomic mass is 16.5. The first-order valence-corrected chi connectivity index (χ1v) is 8.55. The molecule has 1 saturated heterocycles. The van der Waals surface area contributed by atoms with E-state index in [0.29, 0.717) is 12.2 Å². The third-order valence-electron chi connectivity index (χ3n) is 4.40. The molecule has 2 aromatic rings. The number of nitrogens with zero attached hydrogens (tertiary/aromatic N) is 3. The third-order valence-corrected chi connectivity index (χ3v) is 4.40. The molecule has 130 valence electrons. The van der Waals surface area contributed by atoms with E-state index < -0.39 is 0 Å². The zero-order valence-corrected chi connectivity index (χ0v) is 14.5. The maximum Gasteiger partial charge on any atom is 0.338 e. The quantitative estimate of drug-likeness (QED) is 0.785. The molecule has 1 aromatic heterocycles. The van der Waals surface area contributed by atoms with Crippen LogP contribution in [-0.2, 0) is 4.74 Å². The Labute approximate surface area is 148 Å². The summed E-state index contributed by atoms with van der Waals surface area (Å²) in [5.41, 5.74) is 3.75. The van der Waals surface area contributed by atoms with Crippen molar-refractivity contribution in [3.05, 3.63) is 66.5 Å². The Bertz CT molecular complexity index is 720. The van der Waals surface area contributed by atoms with Crippen LogP contribution >= 0.6 is 0 Å². The van der Waals surface area contributed by atoms with E-state index in [1.807, 2.05) is 24.4 Å². The van der Waals surface area contributed by atoms with Crippen molar-refractivity contribution in [2.24, 2.45) is 0 Å². The smallest absolute Gasteiger partial charge is 0.338 e. The fourth-order valence-corrected chi connectivity index (χ4v) is 2.97. The number of aromatic nitrogens is 1. The van der Waals surface area contributed by atoms with E-state index in [1.165, 1.54) is 0 Å². The van der Waals surface area contributed by atoms with Gasteiger partial charge in [-0.15, -0.1) is 0 Å². The molecule has 2 heterocycles. The van der Waals surface area contributed by atoms with Crippen LogP contribution in [0.3, 0.4) is 0 Å². The largest absolute Gasteiger partial charge is 0.462 e. The number of carbonyl (C=O) groups is 1. The molecule has 0 aliphatic carbocycles. The van der Waals surface area contributed by atoms with E-state index in [1.54, 1.807) is 25.3 Å². The predicted molar refractivity (Wildman–Crippen MR) is 99.5 cm³/mol. The van der Waals surface area contributed by atoms with Gasteiger partial charge in [0.2, 0.25) is 0 Å². The lowest BCUT2D eigenvalue weighted by Crippen LogP contribution is -2.45. The molecule has 0 radical (unpaired) electrons. The predicted octanol–water partition coefficient (Wildman–Crippen LogP) is 3.05. The minimum Gasteiger partial charge on any atom is -0.462 e. The minimum absolute atomic E-state index is 0.287. The number of ether oxygens (including phenoxy) is 1. The Balaban J connectivity index is 1.60. The van der Waals surface area contributed by atoms with Crippen molar-refractivity contribution < 1.29 is 9.53 Å². The third kappa shape index (κ3) is 3.99. The molecule has 3 rings (SSSR count). The number of carbonyl (C=O) groups excluding carboxylic acids is 1. The van der Waals surface area contributed by atoms with Crippen molar-refractivity contribution >= 4 is 17.4 Å². The molecule has 1 aromatic carbocycles. The number of hydrogen-bond donors (Lipinski definition) is 0. The van der Waals surface area contributed by atoms with Gasteiger partial charge in [0.15, 0.2) is 0 Å². The first kappa shape index (κ1) is 17.0. The monoisotopic (exact) mass is 337 g/mol. The summed E-state index contributed by atoms with van der Waals surface area (Å²) in [5.74, 6) is -0.287. The average Bonchev–Trinajstić information content (AvgIpc) is 2.68. The van der Waals surface area contributed by atoms with Crippen molar-refractivity contribution in [1.82, 2.24) is 9.88 Å². The van der Waals surface area contributed by atoms with E-state index in [0.717, 1.165) is 43.1 Å². The Kier molecular flexibility index (Phi) is 5.33. The number of pyridine rings is 1. The van der Waals surface area contributed by atoms with Crippen LogP contribution in [0.15, 0.2) is 55.4 Å². The van der Waals surface area contributed by atoms with Gasteiger partial charge in [0, 0.05) is 38.1 Å².